The number of aliphatic hydroxyl groups excluding tert-OH is 2. The molecule has 0 aliphatic carbocycles. The highest BCUT2D eigenvalue weighted by Gasteiger charge is 2.29. The van der Waals surface area contributed by atoms with E-state index in [0.29, 0.717) is 19.3 Å². The van der Waals surface area contributed by atoms with E-state index in [0.717, 1.165) is 135 Å². The van der Waals surface area contributed by atoms with Crippen LogP contribution in [0, 0.1) is 0 Å². The number of esters is 3. The number of aliphatic hydroxyl groups is 2. The van der Waals surface area contributed by atoms with Gasteiger partial charge < -0.3 is 34.2 Å². The van der Waals surface area contributed by atoms with Crippen molar-refractivity contribution in [3.63, 3.8) is 0 Å². The van der Waals surface area contributed by atoms with Crippen LogP contribution in [-0.2, 0) is 55.8 Å². The molecule has 0 spiro atoms. The van der Waals surface area contributed by atoms with Gasteiger partial charge >= 0.3 is 33.6 Å². The number of allylic oxidation sites excluding steroid dienone is 20. The van der Waals surface area contributed by atoms with Crippen LogP contribution in [0.5, 0.6) is 0 Å². The minimum absolute atomic E-state index is 0.0988. The topological polar surface area (TPSA) is 231 Å². The number of hydrogen-bond acceptors (Lipinski definition) is 14. The molecule has 0 bridgehead atoms. The minimum Gasteiger partial charge on any atom is -0.463 e. The summed E-state index contributed by atoms with van der Waals surface area (Å²) in [4.78, 5) is 58.5. The summed E-state index contributed by atoms with van der Waals surface area (Å²) in [5, 5.41) is 20.6. The van der Waals surface area contributed by atoms with Gasteiger partial charge in [-0.1, -0.05) is 303 Å². The average molecular weight is 1430 g/mol. The van der Waals surface area contributed by atoms with Crippen molar-refractivity contribution in [3.8, 4) is 0 Å². The largest absolute Gasteiger partial charge is 0.472 e. The maximum Gasteiger partial charge on any atom is 0.472 e. The van der Waals surface area contributed by atoms with Crippen LogP contribution in [0.1, 0.15) is 316 Å². The normalized spacial score (nSPS) is 14.7. The number of phosphoric ester groups is 2. The van der Waals surface area contributed by atoms with Crippen LogP contribution in [0.4, 0.5) is 0 Å². The first-order chi connectivity index (χ1) is 48.2. The summed E-state index contributed by atoms with van der Waals surface area (Å²) < 4.78 is 61.0. The second-order valence-corrected chi connectivity index (χ2v) is 28.7. The first-order valence-corrected chi connectivity index (χ1v) is 41.8. The highest BCUT2D eigenvalue weighted by molar-refractivity contribution is 7.47. The summed E-state index contributed by atoms with van der Waals surface area (Å²) in [5.74, 6) is -1.60. The van der Waals surface area contributed by atoms with E-state index in [1.54, 1.807) is 0 Å². The van der Waals surface area contributed by atoms with E-state index in [1.807, 2.05) is 0 Å². The predicted octanol–water partition coefficient (Wildman–Crippen LogP) is 22.5. The third kappa shape index (κ3) is 74.9. The number of ether oxygens (including phenoxy) is 3. The van der Waals surface area contributed by atoms with Crippen molar-refractivity contribution in [1.82, 2.24) is 0 Å². The van der Waals surface area contributed by atoms with E-state index in [1.165, 1.54) is 122 Å². The van der Waals surface area contributed by atoms with E-state index in [9.17, 15) is 43.5 Å². The van der Waals surface area contributed by atoms with E-state index in [4.69, 9.17) is 32.3 Å². The molecule has 0 saturated carbocycles. The average Bonchev–Trinajstić information content (AvgIpc) is 1.94. The molecule has 18 heteroatoms. The lowest BCUT2D eigenvalue weighted by atomic mass is 10.0. The first-order valence-electron chi connectivity index (χ1n) is 38.8. The van der Waals surface area contributed by atoms with Gasteiger partial charge in [0.1, 0.15) is 25.4 Å². The summed E-state index contributed by atoms with van der Waals surface area (Å²) in [6, 6.07) is 0. The number of unbranched alkanes of at least 4 members (excludes halogenated alkanes) is 30. The summed E-state index contributed by atoms with van der Waals surface area (Å²) >= 11 is 0. The molecule has 5 unspecified atom stereocenters. The Morgan fingerprint density at radius 3 is 0.869 bits per heavy atom. The molecular formula is C81H140O16P2. The fourth-order valence-corrected chi connectivity index (χ4v) is 11.8. The molecule has 0 aliphatic heterocycles. The summed E-state index contributed by atoms with van der Waals surface area (Å²) in [6.07, 6.45) is 86.9. The third-order valence-corrected chi connectivity index (χ3v) is 18.1. The Hall–Kier alpha value is -4.05. The predicted molar refractivity (Wildman–Crippen MR) is 408 cm³/mol. The van der Waals surface area contributed by atoms with Gasteiger partial charge in [-0.25, -0.2) is 9.13 Å². The molecule has 570 valence electrons. The van der Waals surface area contributed by atoms with Crippen LogP contribution < -0.4 is 0 Å². The van der Waals surface area contributed by atoms with Gasteiger partial charge in [-0.05, 0) is 116 Å². The molecule has 0 aromatic carbocycles. The van der Waals surface area contributed by atoms with Gasteiger partial charge in [0.25, 0.3) is 0 Å². The Kier molecular flexibility index (Phi) is 70.7. The van der Waals surface area contributed by atoms with Crippen LogP contribution >= 0.6 is 15.6 Å². The monoisotopic (exact) mass is 1430 g/mol. The maximum absolute atomic E-state index is 12.9. The van der Waals surface area contributed by atoms with Crippen LogP contribution in [0.2, 0.25) is 0 Å². The highest BCUT2D eigenvalue weighted by atomic mass is 31.2. The zero-order valence-electron chi connectivity index (χ0n) is 62.1. The van der Waals surface area contributed by atoms with Crippen molar-refractivity contribution in [2.45, 2.75) is 334 Å². The lowest BCUT2D eigenvalue weighted by Crippen LogP contribution is -2.30. The zero-order chi connectivity index (χ0) is 72.3. The minimum atomic E-state index is -4.93. The van der Waals surface area contributed by atoms with Crippen molar-refractivity contribution >= 4 is 33.6 Å². The van der Waals surface area contributed by atoms with Crippen molar-refractivity contribution in [2.24, 2.45) is 0 Å². The van der Waals surface area contributed by atoms with Crippen LogP contribution in [0.25, 0.3) is 0 Å². The highest BCUT2D eigenvalue weighted by Crippen LogP contribution is 2.45. The standard InChI is InChI=1S/C81H140O16P2/c1-4-7-10-13-16-19-22-24-26-28-30-32-34-35-36-37-38-39-41-43-44-46-48-50-53-55-58-61-64-67-79(84)91-70-76(82)71-93-98(87,88)94-72-77(83)73-95-99(89,90)96-75-78(97-81(86)69-66-63-60-57-52-21-18-15-12-9-6-3)74-92-80(85)68-65-62-59-56-54-51-49-47-45-42-40-33-31-29-27-25-23-20-17-14-11-8-5-2/h8,11,16-17,19-20,24-27,30-33,35-36,42,45,49,51,76-78,82-83H,4-7,9-10,12-15,18,21-23,28-29,34,37-41,43-44,46-48,50,52-75H2,1-3H3,(H,87,88)(H,89,90)/b11-8-,19-16-,20-17-,26-24-,27-25-,32-30-,33-31-,36-35-,45-42-,51-49-. The Morgan fingerprint density at radius 2 is 0.535 bits per heavy atom. The molecule has 0 amide bonds. The Bertz CT molecular complexity index is 2290. The summed E-state index contributed by atoms with van der Waals surface area (Å²) in [6.45, 7) is 2.51. The number of hydrogen-bond donors (Lipinski definition) is 4. The molecule has 0 aromatic rings. The SMILES string of the molecule is CC/C=C\C/C=C\C/C=C\C/C=C\C/C=C\C/C=C\CCCCCCC(=O)OCC(COP(=O)(O)OCC(O)COP(=O)(O)OCC(O)COC(=O)CCCCCCCCCCCCCCC/C=C\C/C=C\C/C=C\C/C=C\CCCCC)OC(=O)CCCCCCCCCCCCC. The molecule has 0 aliphatic rings. The third-order valence-electron chi connectivity index (χ3n) is 16.2. The van der Waals surface area contributed by atoms with E-state index in [-0.39, 0.29) is 19.3 Å². The van der Waals surface area contributed by atoms with Crippen molar-refractivity contribution in [3.05, 3.63) is 122 Å². The molecule has 0 aromatic heterocycles. The molecule has 4 N–H and O–H groups in total. The van der Waals surface area contributed by atoms with Gasteiger partial charge in [-0.2, -0.15) is 0 Å². The number of phosphoric acid groups is 2. The van der Waals surface area contributed by atoms with E-state index >= 15 is 0 Å². The fraction of sp³-hybridized carbons (Fsp3) is 0.716. The number of carbonyl (C=O) groups excluding carboxylic acids is 3. The quantitative estimate of drug-likeness (QED) is 0.0146. The van der Waals surface area contributed by atoms with E-state index < -0.39 is 91.5 Å². The molecule has 5 atom stereocenters. The molecule has 16 nitrogen and oxygen atoms in total. The lowest BCUT2D eigenvalue weighted by Gasteiger charge is -2.21. The van der Waals surface area contributed by atoms with Crippen molar-refractivity contribution in [1.29, 1.82) is 0 Å². The molecule has 0 heterocycles. The molecule has 0 saturated heterocycles. The van der Waals surface area contributed by atoms with E-state index in [2.05, 4.69) is 142 Å². The van der Waals surface area contributed by atoms with Crippen LogP contribution in [-0.4, -0.2) is 95.9 Å². The van der Waals surface area contributed by atoms with Gasteiger partial charge in [-0.3, -0.25) is 32.5 Å². The van der Waals surface area contributed by atoms with Crippen molar-refractivity contribution in [2.75, 3.05) is 39.6 Å². The van der Waals surface area contributed by atoms with Crippen LogP contribution in [0.15, 0.2) is 122 Å². The molecular weight excluding hydrogens is 1290 g/mol. The Morgan fingerprint density at radius 1 is 0.293 bits per heavy atom. The van der Waals surface area contributed by atoms with Crippen LogP contribution in [0.3, 0.4) is 0 Å². The maximum atomic E-state index is 12.9. The molecule has 99 heavy (non-hydrogen) atoms. The Balaban J connectivity index is 4.47. The van der Waals surface area contributed by atoms with Crippen molar-refractivity contribution < 1.29 is 75.8 Å². The smallest absolute Gasteiger partial charge is 0.463 e. The first kappa shape index (κ1) is 94.9. The van der Waals surface area contributed by atoms with Gasteiger partial charge in [0.05, 0.1) is 26.4 Å². The Labute approximate surface area is 602 Å². The van der Waals surface area contributed by atoms with Gasteiger partial charge in [0, 0.05) is 19.3 Å². The number of rotatable bonds is 73. The summed E-state index contributed by atoms with van der Waals surface area (Å²) in [7, 11) is -9.79. The lowest BCUT2D eigenvalue weighted by molar-refractivity contribution is -0.161. The zero-order valence-corrected chi connectivity index (χ0v) is 63.9. The second-order valence-electron chi connectivity index (χ2n) is 25.8. The number of carbonyl (C=O) groups is 3. The van der Waals surface area contributed by atoms with Gasteiger partial charge in [0.2, 0.25) is 0 Å². The molecule has 0 radical (unpaired) electrons. The molecule has 0 rings (SSSR count). The summed E-state index contributed by atoms with van der Waals surface area (Å²) in [5.41, 5.74) is 0. The second kappa shape index (κ2) is 73.7. The molecule has 0 fully saturated rings. The van der Waals surface area contributed by atoms with Gasteiger partial charge in [-0.15, -0.1) is 0 Å². The fourth-order valence-electron chi connectivity index (χ4n) is 10.3. The van der Waals surface area contributed by atoms with Gasteiger partial charge in [0.15, 0.2) is 6.10 Å².